The highest BCUT2D eigenvalue weighted by Gasteiger charge is 2.30. The van der Waals surface area contributed by atoms with Gasteiger partial charge in [-0.25, -0.2) is 0 Å². The Hall–Kier alpha value is -1.85. The van der Waals surface area contributed by atoms with Crippen LogP contribution in [0.5, 0.6) is 0 Å². The van der Waals surface area contributed by atoms with Gasteiger partial charge >= 0.3 is 6.18 Å². The van der Waals surface area contributed by atoms with E-state index in [9.17, 15) is 22.8 Å². The maximum absolute atomic E-state index is 12.4. The lowest BCUT2D eigenvalue weighted by Crippen LogP contribution is -2.11. The third kappa shape index (κ3) is 4.20. The summed E-state index contributed by atoms with van der Waals surface area (Å²) in [5.74, 6) is -0.964. The van der Waals surface area contributed by atoms with Crippen molar-refractivity contribution in [3.63, 3.8) is 0 Å². The Morgan fingerprint density at radius 1 is 1.17 bits per heavy atom. The first-order chi connectivity index (χ1) is 8.30. The monoisotopic (exact) mass is 259 g/mol. The Morgan fingerprint density at radius 3 is 2.39 bits per heavy atom. The van der Waals surface area contributed by atoms with Gasteiger partial charge in [0, 0.05) is 18.4 Å². The van der Waals surface area contributed by atoms with E-state index in [2.05, 4.69) is 0 Å². The third-order valence-corrected chi connectivity index (χ3v) is 2.34. The SMILES string of the molecule is NC(=O)CCCC(=O)c1cccc(C(F)(F)F)c1. The number of ketones is 1. The molecule has 18 heavy (non-hydrogen) atoms. The fourth-order valence-electron chi connectivity index (χ4n) is 1.44. The number of carbonyl (C=O) groups excluding carboxylic acids is 2. The Bertz CT molecular complexity index is 455. The average Bonchev–Trinajstić information content (AvgIpc) is 2.27. The number of hydrogen-bond acceptors (Lipinski definition) is 2. The minimum Gasteiger partial charge on any atom is -0.370 e. The average molecular weight is 259 g/mol. The molecule has 0 aliphatic heterocycles. The lowest BCUT2D eigenvalue weighted by Gasteiger charge is -2.07. The summed E-state index contributed by atoms with van der Waals surface area (Å²) in [5.41, 5.74) is 4.04. The highest BCUT2D eigenvalue weighted by molar-refractivity contribution is 5.96. The highest BCUT2D eigenvalue weighted by Crippen LogP contribution is 2.29. The van der Waals surface area contributed by atoms with E-state index in [1.807, 2.05) is 0 Å². The van der Waals surface area contributed by atoms with Crippen molar-refractivity contribution in [1.29, 1.82) is 0 Å². The van der Waals surface area contributed by atoms with Crippen LogP contribution in [0.4, 0.5) is 13.2 Å². The lowest BCUT2D eigenvalue weighted by atomic mass is 10.0. The van der Waals surface area contributed by atoms with Crippen molar-refractivity contribution in [2.24, 2.45) is 5.73 Å². The van der Waals surface area contributed by atoms with Crippen molar-refractivity contribution >= 4 is 11.7 Å². The summed E-state index contributed by atoms with van der Waals surface area (Å²) in [6.45, 7) is 0. The molecule has 0 saturated heterocycles. The standard InChI is InChI=1S/C12H12F3NO2/c13-12(14,15)9-4-1-3-8(7-9)10(17)5-2-6-11(16)18/h1,3-4,7H,2,5-6H2,(H2,16,18). The Kier molecular flexibility index (Phi) is 4.47. The zero-order valence-corrected chi connectivity index (χ0v) is 9.46. The number of amides is 1. The minimum atomic E-state index is -4.47. The Morgan fingerprint density at radius 2 is 1.83 bits per heavy atom. The zero-order valence-electron chi connectivity index (χ0n) is 9.46. The summed E-state index contributed by atoms with van der Waals surface area (Å²) in [7, 11) is 0. The summed E-state index contributed by atoms with van der Waals surface area (Å²) in [6.07, 6.45) is -4.18. The van der Waals surface area contributed by atoms with Crippen LogP contribution < -0.4 is 5.73 Å². The largest absolute Gasteiger partial charge is 0.416 e. The van der Waals surface area contributed by atoms with Crippen LogP contribution in [0.25, 0.3) is 0 Å². The molecule has 2 N–H and O–H groups in total. The summed E-state index contributed by atoms with van der Waals surface area (Å²) < 4.78 is 37.2. The van der Waals surface area contributed by atoms with Crippen molar-refractivity contribution < 1.29 is 22.8 Å². The van der Waals surface area contributed by atoms with Crippen molar-refractivity contribution in [1.82, 2.24) is 0 Å². The fraction of sp³-hybridized carbons (Fsp3) is 0.333. The molecule has 1 amide bonds. The van der Waals surface area contributed by atoms with Gasteiger partial charge in [0.05, 0.1) is 5.56 Å². The van der Waals surface area contributed by atoms with E-state index in [4.69, 9.17) is 5.73 Å². The summed E-state index contributed by atoms with van der Waals surface area (Å²) in [5, 5.41) is 0. The number of alkyl halides is 3. The molecule has 0 aliphatic rings. The van der Waals surface area contributed by atoms with Gasteiger partial charge in [-0.1, -0.05) is 12.1 Å². The van der Waals surface area contributed by atoms with Crippen molar-refractivity contribution in [3.05, 3.63) is 35.4 Å². The second-order valence-corrected chi connectivity index (χ2v) is 3.82. The molecule has 0 saturated carbocycles. The molecule has 0 fully saturated rings. The number of benzene rings is 1. The molecular weight excluding hydrogens is 247 g/mol. The molecule has 0 unspecified atom stereocenters. The quantitative estimate of drug-likeness (QED) is 0.826. The van der Waals surface area contributed by atoms with Crippen molar-refractivity contribution in [2.75, 3.05) is 0 Å². The second kappa shape index (κ2) is 5.66. The number of carbonyl (C=O) groups is 2. The van der Waals surface area contributed by atoms with Crippen LogP contribution in [0.3, 0.4) is 0 Å². The predicted octanol–water partition coefficient (Wildman–Crippen LogP) is 2.54. The van der Waals surface area contributed by atoms with E-state index in [0.29, 0.717) is 0 Å². The smallest absolute Gasteiger partial charge is 0.370 e. The normalized spacial score (nSPS) is 11.3. The fourth-order valence-corrected chi connectivity index (χ4v) is 1.44. The van der Waals surface area contributed by atoms with Gasteiger partial charge in [0.1, 0.15) is 0 Å². The van der Waals surface area contributed by atoms with Crippen LogP contribution in [0.15, 0.2) is 24.3 Å². The van der Waals surface area contributed by atoms with Gasteiger partial charge in [0.25, 0.3) is 0 Å². The molecule has 98 valence electrons. The first-order valence-electron chi connectivity index (χ1n) is 5.29. The van der Waals surface area contributed by atoms with Gasteiger partial charge in [-0.2, -0.15) is 13.2 Å². The molecule has 1 rings (SSSR count). The Balaban J connectivity index is 2.72. The van der Waals surface area contributed by atoms with Gasteiger partial charge in [0.2, 0.25) is 5.91 Å². The molecule has 6 heteroatoms. The van der Waals surface area contributed by atoms with Crippen LogP contribution in [0.1, 0.15) is 35.2 Å². The number of Topliss-reactive ketones (excluding diaryl/α,β-unsaturated/α-hetero) is 1. The minimum absolute atomic E-state index is 0.00422. The van der Waals surface area contributed by atoms with Crippen LogP contribution in [0.2, 0.25) is 0 Å². The van der Waals surface area contributed by atoms with Crippen LogP contribution >= 0.6 is 0 Å². The van der Waals surface area contributed by atoms with Gasteiger partial charge in [-0.15, -0.1) is 0 Å². The topological polar surface area (TPSA) is 60.2 Å². The molecule has 1 aromatic carbocycles. The van der Waals surface area contributed by atoms with Gasteiger partial charge in [-0.05, 0) is 18.6 Å². The number of hydrogen-bond donors (Lipinski definition) is 1. The molecule has 0 heterocycles. The number of halogens is 3. The van der Waals surface area contributed by atoms with Crippen molar-refractivity contribution in [2.45, 2.75) is 25.4 Å². The van der Waals surface area contributed by atoms with E-state index < -0.39 is 23.4 Å². The summed E-state index contributed by atoms with van der Waals surface area (Å²) >= 11 is 0. The first kappa shape index (κ1) is 14.2. The van der Waals surface area contributed by atoms with E-state index in [0.717, 1.165) is 12.1 Å². The molecule has 0 radical (unpaired) electrons. The molecule has 0 spiro atoms. The number of rotatable bonds is 5. The van der Waals surface area contributed by atoms with Gasteiger partial charge < -0.3 is 5.73 Å². The zero-order chi connectivity index (χ0) is 13.8. The van der Waals surface area contributed by atoms with Crippen LogP contribution in [-0.2, 0) is 11.0 Å². The molecular formula is C12H12F3NO2. The molecule has 0 aliphatic carbocycles. The van der Waals surface area contributed by atoms with E-state index in [1.54, 1.807) is 0 Å². The molecule has 3 nitrogen and oxygen atoms in total. The Labute approximate surface area is 102 Å². The molecule has 0 atom stereocenters. The van der Waals surface area contributed by atoms with Gasteiger partial charge in [-0.3, -0.25) is 9.59 Å². The number of primary amides is 1. The van der Waals surface area contributed by atoms with Crippen LogP contribution in [0, 0.1) is 0 Å². The van der Waals surface area contributed by atoms with Crippen molar-refractivity contribution in [3.8, 4) is 0 Å². The number of nitrogens with two attached hydrogens (primary N) is 1. The van der Waals surface area contributed by atoms with E-state index in [1.165, 1.54) is 12.1 Å². The molecule has 0 aromatic heterocycles. The van der Waals surface area contributed by atoms with E-state index >= 15 is 0 Å². The maximum atomic E-state index is 12.4. The summed E-state index contributed by atoms with van der Waals surface area (Å²) in [4.78, 5) is 22.1. The first-order valence-corrected chi connectivity index (χ1v) is 5.29. The summed E-state index contributed by atoms with van der Waals surface area (Å²) in [6, 6.07) is 4.22. The third-order valence-electron chi connectivity index (χ3n) is 2.34. The second-order valence-electron chi connectivity index (χ2n) is 3.82. The lowest BCUT2D eigenvalue weighted by molar-refractivity contribution is -0.137. The molecule has 1 aromatic rings. The van der Waals surface area contributed by atoms with E-state index in [-0.39, 0.29) is 24.8 Å². The van der Waals surface area contributed by atoms with Gasteiger partial charge in [0.15, 0.2) is 5.78 Å². The molecule has 0 bridgehead atoms. The van der Waals surface area contributed by atoms with Crippen LogP contribution in [-0.4, -0.2) is 11.7 Å². The maximum Gasteiger partial charge on any atom is 0.416 e. The highest BCUT2D eigenvalue weighted by atomic mass is 19.4. The predicted molar refractivity (Wildman–Crippen MR) is 58.8 cm³/mol.